The molecule has 0 bridgehead atoms. The predicted octanol–water partition coefficient (Wildman–Crippen LogP) is 7.25. The van der Waals surface area contributed by atoms with Crippen LogP contribution in [0.4, 0.5) is 35.1 Å². The number of rotatable bonds is 6. The maximum Gasteiger partial charge on any atom is 0.435 e. The average Bonchev–Trinajstić information content (AvgIpc) is 3.47. The van der Waals surface area contributed by atoms with E-state index in [0.29, 0.717) is 23.4 Å². The first-order chi connectivity index (χ1) is 20.1. The van der Waals surface area contributed by atoms with Gasteiger partial charge in [-0.3, -0.25) is 4.98 Å². The summed E-state index contributed by atoms with van der Waals surface area (Å²) < 4.78 is 136. The highest BCUT2D eigenvalue weighted by molar-refractivity contribution is 7.92. The van der Waals surface area contributed by atoms with Crippen molar-refractivity contribution in [3.8, 4) is 11.3 Å². The van der Waals surface area contributed by atoms with Crippen molar-refractivity contribution in [3.63, 3.8) is 0 Å². The number of hydrogen-bond donors (Lipinski definition) is 0. The van der Waals surface area contributed by atoms with Crippen LogP contribution in [0.25, 0.3) is 11.3 Å². The van der Waals surface area contributed by atoms with Gasteiger partial charge in [0.05, 0.1) is 17.1 Å². The lowest BCUT2D eigenvalue weighted by molar-refractivity contribution is -0.348. The molecule has 4 aromatic rings. The van der Waals surface area contributed by atoms with Gasteiger partial charge in [-0.05, 0) is 67.6 Å². The van der Waals surface area contributed by atoms with E-state index in [1.807, 2.05) is 0 Å². The molecular formula is C28H22F8N4O2S. The molecule has 0 atom stereocenters. The van der Waals surface area contributed by atoms with Gasteiger partial charge < -0.3 is 0 Å². The van der Waals surface area contributed by atoms with Crippen LogP contribution in [-0.4, -0.2) is 40.7 Å². The molecule has 1 aliphatic carbocycles. The normalized spacial score (nSPS) is 20.2. The predicted molar refractivity (Wildman–Crippen MR) is 137 cm³/mol. The number of aromatic nitrogens is 4. The molecule has 0 radical (unpaired) electrons. The Kier molecular flexibility index (Phi) is 7.60. The van der Waals surface area contributed by atoms with E-state index < -0.39 is 44.0 Å². The van der Waals surface area contributed by atoms with Gasteiger partial charge >= 0.3 is 18.0 Å². The molecule has 0 aliphatic heterocycles. The molecule has 228 valence electrons. The molecule has 0 saturated heterocycles. The Morgan fingerprint density at radius 3 is 1.98 bits per heavy atom. The number of sulfone groups is 1. The van der Waals surface area contributed by atoms with Crippen molar-refractivity contribution in [1.82, 2.24) is 20.0 Å². The van der Waals surface area contributed by atoms with Gasteiger partial charge in [0.2, 0.25) is 0 Å². The summed E-state index contributed by atoms with van der Waals surface area (Å²) in [5.41, 5.74) is -6.31. The standard InChI is InChI=1S/C28H22F8N4O2S/c29-21-7-9-23(10-8-21)43(41,42)25(19-3-5-20(6-4-19)26(30,27(31,32)33)28(34,35)36)13-11-22(12-14-25)40-17-24(38-39-40)18-2-1-15-37-16-18/h1-10,15-17,22H,11-14H2/t22-,25+. The lowest BCUT2D eigenvalue weighted by Crippen LogP contribution is -2.50. The number of benzene rings is 2. The fraction of sp³-hybridized carbons (Fsp3) is 0.321. The number of alkyl halides is 7. The molecule has 15 heteroatoms. The largest absolute Gasteiger partial charge is 0.435 e. The van der Waals surface area contributed by atoms with Gasteiger partial charge in [0.15, 0.2) is 9.84 Å². The first kappa shape index (κ1) is 30.6. The van der Waals surface area contributed by atoms with Crippen molar-refractivity contribution in [1.29, 1.82) is 0 Å². The summed E-state index contributed by atoms with van der Waals surface area (Å²) in [5.74, 6) is -0.713. The van der Waals surface area contributed by atoms with E-state index in [0.717, 1.165) is 36.4 Å². The first-order valence-electron chi connectivity index (χ1n) is 12.9. The molecule has 0 amide bonds. The summed E-state index contributed by atoms with van der Waals surface area (Å²) >= 11 is 0. The summed E-state index contributed by atoms with van der Waals surface area (Å²) in [5, 5.41) is 8.28. The zero-order valence-corrected chi connectivity index (χ0v) is 22.8. The van der Waals surface area contributed by atoms with Crippen molar-refractivity contribution in [2.24, 2.45) is 0 Å². The van der Waals surface area contributed by atoms with Gasteiger partial charge in [-0.1, -0.05) is 29.5 Å². The summed E-state index contributed by atoms with van der Waals surface area (Å²) in [4.78, 5) is 3.74. The second kappa shape index (κ2) is 10.7. The van der Waals surface area contributed by atoms with Gasteiger partial charge in [0.25, 0.3) is 0 Å². The second-order valence-electron chi connectivity index (χ2n) is 10.2. The minimum absolute atomic E-state index is 0.125. The van der Waals surface area contributed by atoms with Gasteiger partial charge in [0, 0.05) is 23.5 Å². The van der Waals surface area contributed by atoms with E-state index in [2.05, 4.69) is 15.3 Å². The van der Waals surface area contributed by atoms with Crippen LogP contribution in [0.1, 0.15) is 42.9 Å². The molecule has 0 N–H and O–H groups in total. The Labute approximate surface area is 240 Å². The third kappa shape index (κ3) is 5.17. The number of hydrogen-bond acceptors (Lipinski definition) is 5. The zero-order chi connectivity index (χ0) is 31.3. The van der Waals surface area contributed by atoms with Crippen LogP contribution in [0.5, 0.6) is 0 Å². The fourth-order valence-corrected chi connectivity index (χ4v) is 7.64. The van der Waals surface area contributed by atoms with Crippen molar-refractivity contribution in [3.05, 3.63) is 96.2 Å². The highest BCUT2D eigenvalue weighted by Crippen LogP contribution is 2.54. The van der Waals surface area contributed by atoms with Crippen LogP contribution < -0.4 is 0 Å². The maximum atomic E-state index is 14.7. The second-order valence-corrected chi connectivity index (χ2v) is 12.5. The first-order valence-corrected chi connectivity index (χ1v) is 14.3. The third-order valence-electron chi connectivity index (χ3n) is 7.83. The van der Waals surface area contributed by atoms with Crippen LogP contribution in [-0.2, 0) is 20.3 Å². The summed E-state index contributed by atoms with van der Waals surface area (Å²) in [7, 11) is -4.40. The minimum Gasteiger partial charge on any atom is -0.264 e. The lowest BCUT2D eigenvalue weighted by atomic mass is 9.80. The Morgan fingerprint density at radius 1 is 0.837 bits per heavy atom. The molecule has 2 heterocycles. The van der Waals surface area contributed by atoms with Gasteiger partial charge in [-0.15, -0.1) is 5.10 Å². The quantitative estimate of drug-likeness (QED) is 0.166. The molecule has 5 rings (SSSR count). The molecule has 2 aromatic heterocycles. The Bertz CT molecular complexity index is 1670. The van der Waals surface area contributed by atoms with Gasteiger partial charge in [0.1, 0.15) is 16.3 Å². The molecule has 1 aliphatic rings. The SMILES string of the molecule is O=S(=O)(c1ccc(F)cc1)[C@]1(c2ccc(C(F)(C(F)(F)F)C(F)(F)F)cc2)CC[C@H](n2cc(-c3cccnc3)nn2)CC1. The Morgan fingerprint density at radius 2 is 1.44 bits per heavy atom. The molecule has 0 spiro atoms. The molecule has 43 heavy (non-hydrogen) atoms. The number of pyridine rings is 1. The monoisotopic (exact) mass is 630 g/mol. The van der Waals surface area contributed by atoms with Crippen LogP contribution in [0.2, 0.25) is 0 Å². The average molecular weight is 631 g/mol. The molecule has 1 saturated carbocycles. The van der Waals surface area contributed by atoms with E-state index >= 15 is 0 Å². The van der Waals surface area contributed by atoms with Crippen LogP contribution in [0, 0.1) is 5.82 Å². The Hall–Kier alpha value is -3.88. The van der Waals surface area contributed by atoms with Gasteiger partial charge in [-0.25, -0.2) is 21.9 Å². The molecule has 2 aromatic carbocycles. The summed E-state index contributed by atoms with van der Waals surface area (Å²) in [6.45, 7) is 0. The summed E-state index contributed by atoms with van der Waals surface area (Å²) in [6.07, 6.45) is -7.72. The smallest absolute Gasteiger partial charge is 0.264 e. The number of halogens is 8. The minimum atomic E-state index is -6.32. The zero-order valence-electron chi connectivity index (χ0n) is 21.9. The van der Waals surface area contributed by atoms with Crippen LogP contribution in [0.3, 0.4) is 0 Å². The maximum absolute atomic E-state index is 14.7. The topological polar surface area (TPSA) is 77.7 Å². The van der Waals surface area contributed by atoms with Crippen molar-refractivity contribution in [2.75, 3.05) is 0 Å². The summed E-state index contributed by atoms with van der Waals surface area (Å²) in [6, 6.07) is 9.23. The van der Waals surface area contributed by atoms with Crippen LogP contribution >= 0.6 is 0 Å². The third-order valence-corrected chi connectivity index (χ3v) is 10.4. The van der Waals surface area contributed by atoms with E-state index in [1.165, 1.54) is 0 Å². The fourth-order valence-electron chi connectivity index (χ4n) is 5.48. The molecule has 0 unspecified atom stereocenters. The van der Waals surface area contributed by atoms with Gasteiger partial charge in [-0.2, -0.15) is 26.3 Å². The van der Waals surface area contributed by atoms with Crippen molar-refractivity contribution < 1.29 is 43.5 Å². The molecule has 1 fully saturated rings. The highest BCUT2D eigenvalue weighted by atomic mass is 32.2. The molecular weight excluding hydrogens is 608 g/mol. The van der Waals surface area contributed by atoms with E-state index in [1.54, 1.807) is 35.4 Å². The number of nitrogens with zero attached hydrogens (tertiary/aromatic N) is 4. The molecule has 6 nitrogen and oxygen atoms in total. The van der Waals surface area contributed by atoms with E-state index in [9.17, 15) is 43.5 Å². The highest BCUT2D eigenvalue weighted by Gasteiger charge is 2.73. The van der Waals surface area contributed by atoms with E-state index in [4.69, 9.17) is 0 Å². The Balaban J connectivity index is 1.53. The van der Waals surface area contributed by atoms with E-state index in [-0.39, 0.29) is 42.2 Å². The lowest BCUT2D eigenvalue weighted by Gasteiger charge is -2.40. The van der Waals surface area contributed by atoms with Crippen molar-refractivity contribution in [2.45, 2.75) is 59.4 Å². The van der Waals surface area contributed by atoms with Crippen LogP contribution in [0.15, 0.2) is 84.1 Å². The van der Waals surface area contributed by atoms with Crippen molar-refractivity contribution >= 4 is 9.84 Å².